The molecule has 0 amide bonds. The molecular weight excluding hydrogens is 317 g/mol. The maximum atomic E-state index is 6.37. The Morgan fingerprint density at radius 2 is 1.85 bits per heavy atom. The molecule has 3 rings (SSSR count). The Labute approximate surface area is 134 Å². The summed E-state index contributed by atoms with van der Waals surface area (Å²) in [5.41, 5.74) is 1.94. The molecule has 0 aliphatic carbocycles. The monoisotopic (exact) mass is 331 g/mol. The minimum Gasteiger partial charge on any atom is -0.353 e. The van der Waals surface area contributed by atoms with Gasteiger partial charge in [-0.15, -0.1) is 12.4 Å². The highest BCUT2D eigenvalue weighted by atomic mass is 35.5. The summed E-state index contributed by atoms with van der Waals surface area (Å²) >= 11 is 12.5. The van der Waals surface area contributed by atoms with Gasteiger partial charge in [-0.3, -0.25) is 0 Å². The molecule has 2 heterocycles. The largest absolute Gasteiger partial charge is 0.353 e. The zero-order chi connectivity index (χ0) is 13.4. The second kappa shape index (κ2) is 6.35. The number of halogens is 3. The topological polar surface area (TPSA) is 28.2 Å². The van der Waals surface area contributed by atoms with E-state index < -0.39 is 0 Å². The van der Waals surface area contributed by atoms with E-state index in [1.807, 2.05) is 25.1 Å². The summed E-state index contributed by atoms with van der Waals surface area (Å²) in [6.07, 6.45) is 0. The van der Waals surface area contributed by atoms with Crippen LogP contribution in [0.3, 0.4) is 0 Å². The van der Waals surface area contributed by atoms with E-state index in [0.29, 0.717) is 5.02 Å². The number of piperazine rings is 1. The number of hydrogen-bond acceptors (Lipinski definition) is 3. The quantitative estimate of drug-likeness (QED) is 0.863. The molecule has 3 nitrogen and oxygen atoms in total. The van der Waals surface area contributed by atoms with Crippen molar-refractivity contribution in [3.05, 3.63) is 33.8 Å². The lowest BCUT2D eigenvalue weighted by Crippen LogP contribution is -2.44. The third kappa shape index (κ3) is 2.82. The van der Waals surface area contributed by atoms with Crippen LogP contribution in [-0.2, 0) is 0 Å². The van der Waals surface area contributed by atoms with Crippen molar-refractivity contribution in [1.29, 1.82) is 0 Å². The lowest BCUT2D eigenvalue weighted by Gasteiger charge is -2.29. The lowest BCUT2D eigenvalue weighted by molar-refractivity contribution is 0.585. The summed E-state index contributed by atoms with van der Waals surface area (Å²) in [4.78, 5) is 6.96. The Morgan fingerprint density at radius 3 is 2.55 bits per heavy atom. The number of anilines is 1. The minimum atomic E-state index is 0. The van der Waals surface area contributed by atoms with Gasteiger partial charge in [0.1, 0.15) is 5.82 Å². The Morgan fingerprint density at radius 1 is 1.15 bits per heavy atom. The lowest BCUT2D eigenvalue weighted by atomic mass is 10.1. The molecule has 20 heavy (non-hydrogen) atoms. The summed E-state index contributed by atoms with van der Waals surface area (Å²) in [7, 11) is 0. The number of benzene rings is 1. The Kier molecular flexibility index (Phi) is 4.97. The summed E-state index contributed by atoms with van der Waals surface area (Å²) in [5, 5.41) is 5.81. The van der Waals surface area contributed by atoms with Crippen molar-refractivity contribution in [3.63, 3.8) is 0 Å². The molecule has 1 N–H and O–H groups in total. The molecule has 0 spiro atoms. The fraction of sp³-hybridized carbons (Fsp3) is 0.357. The van der Waals surface area contributed by atoms with Crippen molar-refractivity contribution in [2.45, 2.75) is 6.92 Å². The van der Waals surface area contributed by atoms with Gasteiger partial charge in [-0.1, -0.05) is 29.3 Å². The SMILES string of the molecule is Cc1c(Cl)ccc2cc(Cl)c(N3CCNCC3)nc12.Cl. The van der Waals surface area contributed by atoms with Gasteiger partial charge in [0, 0.05) is 36.6 Å². The van der Waals surface area contributed by atoms with Gasteiger partial charge in [-0.2, -0.15) is 0 Å². The molecular formula is C14H16Cl3N3. The molecule has 2 aromatic rings. The Balaban J connectivity index is 0.00000147. The van der Waals surface area contributed by atoms with Crippen LogP contribution >= 0.6 is 35.6 Å². The van der Waals surface area contributed by atoms with Gasteiger partial charge in [-0.05, 0) is 24.6 Å². The molecule has 1 fully saturated rings. The molecule has 0 atom stereocenters. The number of pyridine rings is 1. The first kappa shape index (κ1) is 15.6. The molecule has 1 aromatic heterocycles. The molecule has 0 saturated carbocycles. The zero-order valence-electron chi connectivity index (χ0n) is 11.1. The number of aromatic nitrogens is 1. The van der Waals surface area contributed by atoms with E-state index in [1.54, 1.807) is 0 Å². The van der Waals surface area contributed by atoms with E-state index in [2.05, 4.69) is 10.2 Å². The predicted molar refractivity (Wildman–Crippen MR) is 88.8 cm³/mol. The van der Waals surface area contributed by atoms with Gasteiger partial charge in [-0.25, -0.2) is 4.98 Å². The fourth-order valence-electron chi connectivity index (χ4n) is 2.42. The standard InChI is InChI=1S/C14H15Cl2N3.ClH/c1-9-11(15)3-2-10-8-12(16)14(18-13(9)10)19-6-4-17-5-7-19;/h2-3,8,17H,4-7H2,1H3;1H. The second-order valence-corrected chi connectivity index (χ2v) is 5.59. The van der Waals surface area contributed by atoms with E-state index in [-0.39, 0.29) is 12.4 Å². The third-order valence-corrected chi connectivity index (χ3v) is 4.21. The van der Waals surface area contributed by atoms with Crippen LogP contribution in [0, 0.1) is 6.92 Å². The van der Waals surface area contributed by atoms with Crippen molar-refractivity contribution in [2.24, 2.45) is 0 Å². The van der Waals surface area contributed by atoms with Gasteiger partial charge in [0.2, 0.25) is 0 Å². The van der Waals surface area contributed by atoms with Crippen LogP contribution in [0.2, 0.25) is 10.0 Å². The average molecular weight is 333 g/mol. The number of rotatable bonds is 1. The van der Waals surface area contributed by atoms with Crippen molar-refractivity contribution in [3.8, 4) is 0 Å². The van der Waals surface area contributed by atoms with Crippen molar-refractivity contribution < 1.29 is 0 Å². The summed E-state index contributed by atoms with van der Waals surface area (Å²) < 4.78 is 0. The van der Waals surface area contributed by atoms with Crippen LogP contribution in [0.1, 0.15) is 5.56 Å². The number of nitrogens with one attached hydrogen (secondary N) is 1. The molecule has 0 radical (unpaired) electrons. The van der Waals surface area contributed by atoms with Crippen LogP contribution in [0.5, 0.6) is 0 Å². The van der Waals surface area contributed by atoms with E-state index in [9.17, 15) is 0 Å². The van der Waals surface area contributed by atoms with Crippen LogP contribution < -0.4 is 10.2 Å². The highest BCUT2D eigenvalue weighted by Crippen LogP contribution is 2.31. The summed E-state index contributed by atoms with van der Waals surface area (Å²) in [6.45, 7) is 5.78. The van der Waals surface area contributed by atoms with Gasteiger partial charge in [0.25, 0.3) is 0 Å². The van der Waals surface area contributed by atoms with Gasteiger partial charge >= 0.3 is 0 Å². The van der Waals surface area contributed by atoms with Gasteiger partial charge in [0.05, 0.1) is 10.5 Å². The number of aryl methyl sites for hydroxylation is 1. The number of hydrogen-bond donors (Lipinski definition) is 1. The first-order valence-corrected chi connectivity index (χ1v) is 7.13. The average Bonchev–Trinajstić information content (AvgIpc) is 2.44. The Bertz CT molecular complexity index is 625. The summed E-state index contributed by atoms with van der Waals surface area (Å²) in [6, 6.07) is 5.83. The van der Waals surface area contributed by atoms with E-state index in [1.165, 1.54) is 0 Å². The second-order valence-electron chi connectivity index (χ2n) is 4.77. The molecule has 0 bridgehead atoms. The molecule has 1 aliphatic heterocycles. The molecule has 1 aromatic carbocycles. The Hall–Kier alpha value is -0.740. The number of fused-ring (bicyclic) bond motifs is 1. The highest BCUT2D eigenvalue weighted by Gasteiger charge is 2.16. The van der Waals surface area contributed by atoms with E-state index in [0.717, 1.165) is 53.5 Å². The molecule has 0 unspecified atom stereocenters. The molecule has 6 heteroatoms. The molecule has 108 valence electrons. The zero-order valence-corrected chi connectivity index (χ0v) is 13.4. The predicted octanol–water partition coefficient (Wildman–Crippen LogP) is 3.68. The van der Waals surface area contributed by atoms with Gasteiger partial charge in [0.15, 0.2) is 0 Å². The normalized spacial score (nSPS) is 15.2. The van der Waals surface area contributed by atoms with Crippen LogP contribution in [0.15, 0.2) is 18.2 Å². The van der Waals surface area contributed by atoms with Crippen LogP contribution in [-0.4, -0.2) is 31.2 Å². The van der Waals surface area contributed by atoms with Gasteiger partial charge < -0.3 is 10.2 Å². The van der Waals surface area contributed by atoms with E-state index in [4.69, 9.17) is 28.2 Å². The smallest absolute Gasteiger partial charge is 0.148 e. The van der Waals surface area contributed by atoms with Crippen LogP contribution in [0.4, 0.5) is 5.82 Å². The minimum absolute atomic E-state index is 0. The molecule has 1 saturated heterocycles. The number of nitrogens with zero attached hydrogens (tertiary/aromatic N) is 2. The molecule has 1 aliphatic rings. The van der Waals surface area contributed by atoms with Crippen molar-refractivity contribution in [1.82, 2.24) is 10.3 Å². The summed E-state index contributed by atoms with van der Waals surface area (Å²) in [5.74, 6) is 0.862. The fourth-order valence-corrected chi connectivity index (χ4v) is 2.85. The third-order valence-electron chi connectivity index (χ3n) is 3.53. The maximum Gasteiger partial charge on any atom is 0.148 e. The maximum absolute atomic E-state index is 6.37. The van der Waals surface area contributed by atoms with E-state index >= 15 is 0 Å². The van der Waals surface area contributed by atoms with Crippen LogP contribution in [0.25, 0.3) is 10.9 Å². The first-order chi connectivity index (χ1) is 9.16. The van der Waals surface area contributed by atoms with Crippen molar-refractivity contribution >= 4 is 52.3 Å². The first-order valence-electron chi connectivity index (χ1n) is 6.38. The van der Waals surface area contributed by atoms with Crippen molar-refractivity contribution in [2.75, 3.05) is 31.1 Å². The highest BCUT2D eigenvalue weighted by molar-refractivity contribution is 6.34.